The van der Waals surface area contributed by atoms with Crippen LogP contribution in [0.25, 0.3) is 11.0 Å². The summed E-state index contributed by atoms with van der Waals surface area (Å²) in [6.07, 6.45) is 5.46. The quantitative estimate of drug-likeness (QED) is 0.678. The predicted octanol–water partition coefficient (Wildman–Crippen LogP) is 2.68. The minimum Gasteiger partial charge on any atom is -0.336 e. The first-order valence-electron chi connectivity index (χ1n) is 9.31. The summed E-state index contributed by atoms with van der Waals surface area (Å²) < 4.78 is 3.86. The Morgan fingerprint density at radius 3 is 2.72 bits per heavy atom. The van der Waals surface area contributed by atoms with Crippen LogP contribution in [0.15, 0.2) is 24.7 Å². The number of carbonyl (C=O) groups is 1. The third-order valence-corrected chi connectivity index (χ3v) is 5.14. The largest absolute Gasteiger partial charge is 0.336 e. The average molecular weight is 440 g/mol. The summed E-state index contributed by atoms with van der Waals surface area (Å²) in [5.41, 5.74) is 2.18. The van der Waals surface area contributed by atoms with E-state index in [1.807, 2.05) is 40.4 Å². The molecule has 1 aliphatic heterocycles. The number of nitrogens with one attached hydrogen (secondary N) is 1. The summed E-state index contributed by atoms with van der Waals surface area (Å²) in [6, 6.07) is 2.04. The molecule has 3 aromatic rings. The number of rotatable bonds is 3. The van der Waals surface area contributed by atoms with Crippen molar-refractivity contribution >= 4 is 41.8 Å². The molecule has 0 aliphatic carbocycles. The fourth-order valence-electron chi connectivity index (χ4n) is 3.69. The van der Waals surface area contributed by atoms with Crippen molar-refractivity contribution in [3.8, 4) is 0 Å². The van der Waals surface area contributed by atoms with Crippen LogP contribution < -0.4 is 5.32 Å². The lowest BCUT2D eigenvalue weighted by atomic mass is 10.1. The van der Waals surface area contributed by atoms with Crippen LogP contribution in [0.4, 0.5) is 0 Å². The maximum absolute atomic E-state index is 13.4. The van der Waals surface area contributed by atoms with Crippen molar-refractivity contribution in [2.24, 2.45) is 7.05 Å². The number of aromatic nitrogens is 5. The number of halogens is 2. The fraction of sp³-hybridized carbons (Fsp3) is 0.474. The zero-order valence-electron chi connectivity index (χ0n) is 17.0. The average Bonchev–Trinajstić information content (AvgIpc) is 3.26. The third-order valence-electron chi connectivity index (χ3n) is 5.14. The molecule has 8 nitrogen and oxygen atoms in total. The number of hydrogen-bond acceptors (Lipinski definition) is 5. The molecule has 4 heterocycles. The van der Waals surface area contributed by atoms with Crippen molar-refractivity contribution in [1.82, 2.24) is 34.5 Å². The highest BCUT2D eigenvalue weighted by Crippen LogP contribution is 2.25. The van der Waals surface area contributed by atoms with Crippen molar-refractivity contribution < 1.29 is 4.79 Å². The Bertz CT molecular complexity index is 998. The van der Waals surface area contributed by atoms with E-state index in [2.05, 4.69) is 29.2 Å². The molecule has 1 saturated heterocycles. The highest BCUT2D eigenvalue weighted by Gasteiger charge is 2.32. The van der Waals surface area contributed by atoms with E-state index in [1.165, 1.54) is 0 Å². The van der Waals surface area contributed by atoms with Crippen LogP contribution in [-0.2, 0) is 7.05 Å². The van der Waals surface area contributed by atoms with Gasteiger partial charge in [0.15, 0.2) is 5.65 Å². The molecule has 10 heteroatoms. The van der Waals surface area contributed by atoms with Gasteiger partial charge in [-0.3, -0.25) is 4.79 Å². The van der Waals surface area contributed by atoms with Gasteiger partial charge in [-0.15, -0.1) is 24.8 Å². The Balaban J connectivity index is 0.00000150. The first-order chi connectivity index (χ1) is 13.0. The standard InChI is InChI=1S/C19H25N7O.2ClH/c1-12(2)26-17-14(10-22-26)9-15(13(3)23-17)19(27)25-8-5-20-11-16(25)18-21-6-7-24(18)4;;/h6-7,9-10,12,16,20H,5,8,11H2,1-4H3;2*1H. The highest BCUT2D eigenvalue weighted by atomic mass is 35.5. The molecule has 1 atom stereocenters. The van der Waals surface area contributed by atoms with E-state index in [9.17, 15) is 4.79 Å². The smallest absolute Gasteiger partial charge is 0.256 e. The number of amides is 1. The molecule has 0 saturated carbocycles. The molecule has 1 amide bonds. The molecular weight excluding hydrogens is 413 g/mol. The second kappa shape index (κ2) is 9.11. The Morgan fingerprint density at radius 2 is 2.07 bits per heavy atom. The second-order valence-electron chi connectivity index (χ2n) is 7.33. The van der Waals surface area contributed by atoms with Gasteiger partial charge < -0.3 is 14.8 Å². The zero-order chi connectivity index (χ0) is 19.1. The Labute approximate surface area is 182 Å². The van der Waals surface area contributed by atoms with E-state index in [-0.39, 0.29) is 42.8 Å². The number of hydrogen-bond donors (Lipinski definition) is 1. The fourth-order valence-corrected chi connectivity index (χ4v) is 3.69. The third kappa shape index (κ3) is 4.10. The van der Waals surface area contributed by atoms with Gasteiger partial charge >= 0.3 is 0 Å². The molecule has 1 N–H and O–H groups in total. The summed E-state index contributed by atoms with van der Waals surface area (Å²) in [6.45, 7) is 8.13. The van der Waals surface area contributed by atoms with Gasteiger partial charge in [-0.2, -0.15) is 5.10 Å². The maximum Gasteiger partial charge on any atom is 0.256 e. The first-order valence-corrected chi connectivity index (χ1v) is 9.31. The summed E-state index contributed by atoms with van der Waals surface area (Å²) in [7, 11) is 1.96. The number of fused-ring (bicyclic) bond motifs is 1. The minimum atomic E-state index is -0.0975. The molecule has 4 rings (SSSR count). The lowest BCUT2D eigenvalue weighted by Gasteiger charge is -2.36. The SMILES string of the molecule is Cc1nc2c(cnn2C(C)C)cc1C(=O)N1CCNCC1c1nccn1C.Cl.Cl. The van der Waals surface area contributed by atoms with Crippen LogP contribution in [0, 0.1) is 6.92 Å². The topological polar surface area (TPSA) is 80.9 Å². The Kier molecular flexibility index (Phi) is 7.26. The van der Waals surface area contributed by atoms with Gasteiger partial charge in [0.25, 0.3) is 5.91 Å². The predicted molar refractivity (Wildman–Crippen MR) is 117 cm³/mol. The maximum atomic E-state index is 13.4. The van der Waals surface area contributed by atoms with E-state index in [0.29, 0.717) is 18.7 Å². The van der Waals surface area contributed by atoms with Crippen molar-refractivity contribution in [3.05, 3.63) is 41.7 Å². The van der Waals surface area contributed by atoms with E-state index in [4.69, 9.17) is 4.98 Å². The molecule has 0 aromatic carbocycles. The normalized spacial score (nSPS) is 16.6. The lowest BCUT2D eigenvalue weighted by molar-refractivity contribution is 0.0620. The number of nitrogens with zero attached hydrogens (tertiary/aromatic N) is 6. The molecule has 1 fully saturated rings. The molecule has 29 heavy (non-hydrogen) atoms. The number of aryl methyl sites for hydroxylation is 2. The summed E-state index contributed by atoms with van der Waals surface area (Å²) in [5.74, 6) is 0.878. The number of piperazine rings is 1. The summed E-state index contributed by atoms with van der Waals surface area (Å²) >= 11 is 0. The van der Waals surface area contributed by atoms with Gasteiger partial charge in [-0.1, -0.05) is 0 Å². The van der Waals surface area contributed by atoms with Gasteiger partial charge in [0.05, 0.1) is 17.5 Å². The van der Waals surface area contributed by atoms with E-state index in [1.54, 1.807) is 12.4 Å². The number of imidazole rings is 1. The van der Waals surface area contributed by atoms with Gasteiger partial charge in [0, 0.05) is 50.5 Å². The molecule has 0 bridgehead atoms. The van der Waals surface area contributed by atoms with Crippen LogP contribution in [0.5, 0.6) is 0 Å². The summed E-state index contributed by atoms with van der Waals surface area (Å²) in [4.78, 5) is 24.5. The summed E-state index contributed by atoms with van der Waals surface area (Å²) in [5, 5.41) is 8.68. The Hall–Kier alpha value is -2.16. The highest BCUT2D eigenvalue weighted by molar-refractivity contribution is 5.98. The van der Waals surface area contributed by atoms with Crippen LogP contribution in [0.3, 0.4) is 0 Å². The van der Waals surface area contributed by atoms with E-state index < -0.39 is 0 Å². The molecular formula is C19H27Cl2N7O. The van der Waals surface area contributed by atoms with Crippen molar-refractivity contribution in [2.75, 3.05) is 19.6 Å². The Morgan fingerprint density at radius 1 is 1.31 bits per heavy atom. The first kappa shape index (κ1) is 23.1. The zero-order valence-corrected chi connectivity index (χ0v) is 18.6. The van der Waals surface area contributed by atoms with Crippen LogP contribution in [-0.4, -0.2) is 54.8 Å². The molecule has 1 unspecified atom stereocenters. The van der Waals surface area contributed by atoms with Crippen LogP contribution in [0.2, 0.25) is 0 Å². The van der Waals surface area contributed by atoms with Crippen molar-refractivity contribution in [3.63, 3.8) is 0 Å². The van der Waals surface area contributed by atoms with E-state index in [0.717, 1.165) is 29.1 Å². The van der Waals surface area contributed by atoms with Gasteiger partial charge in [-0.25, -0.2) is 14.6 Å². The van der Waals surface area contributed by atoms with Crippen molar-refractivity contribution in [1.29, 1.82) is 0 Å². The molecule has 3 aromatic heterocycles. The molecule has 1 aliphatic rings. The van der Waals surface area contributed by atoms with Gasteiger partial charge in [0.2, 0.25) is 0 Å². The van der Waals surface area contributed by atoms with Gasteiger partial charge in [-0.05, 0) is 26.8 Å². The molecule has 0 spiro atoms. The van der Waals surface area contributed by atoms with Gasteiger partial charge in [0.1, 0.15) is 11.9 Å². The number of carbonyl (C=O) groups excluding carboxylic acids is 1. The number of pyridine rings is 1. The van der Waals surface area contributed by atoms with Crippen LogP contribution in [0.1, 0.15) is 47.8 Å². The minimum absolute atomic E-state index is 0. The van der Waals surface area contributed by atoms with E-state index >= 15 is 0 Å². The van der Waals surface area contributed by atoms with Crippen molar-refractivity contribution in [2.45, 2.75) is 32.9 Å². The molecule has 158 valence electrons. The molecule has 0 radical (unpaired) electrons. The second-order valence-corrected chi connectivity index (χ2v) is 7.33. The monoisotopic (exact) mass is 439 g/mol. The lowest BCUT2D eigenvalue weighted by Crippen LogP contribution is -2.49. The van der Waals surface area contributed by atoms with Crippen LogP contribution >= 0.6 is 24.8 Å².